The number of aliphatic carboxylic acids is 1. The lowest BCUT2D eigenvalue weighted by Crippen LogP contribution is -2.64. The molecule has 8 N–H and O–H groups in total. The van der Waals surface area contributed by atoms with Gasteiger partial charge in [0.05, 0.1) is 24.9 Å². The maximum absolute atomic E-state index is 14.2. The first-order valence-corrected chi connectivity index (χ1v) is 18.2. The van der Waals surface area contributed by atoms with Gasteiger partial charge in [-0.25, -0.2) is 0 Å². The van der Waals surface area contributed by atoms with Crippen molar-refractivity contribution >= 4 is 37.2 Å². The van der Waals surface area contributed by atoms with Gasteiger partial charge in [-0.3, -0.25) is 28.5 Å². The Bertz CT molecular complexity index is 1390. The van der Waals surface area contributed by atoms with Gasteiger partial charge >= 0.3 is 13.6 Å². The third kappa shape index (κ3) is 9.98. The lowest BCUT2D eigenvalue weighted by Gasteiger charge is -2.39. The van der Waals surface area contributed by atoms with E-state index in [1.807, 2.05) is 12.2 Å². The van der Waals surface area contributed by atoms with Crippen molar-refractivity contribution in [2.45, 2.75) is 107 Å². The van der Waals surface area contributed by atoms with Gasteiger partial charge in [0.25, 0.3) is 0 Å². The zero-order valence-corrected chi connectivity index (χ0v) is 27.5. The van der Waals surface area contributed by atoms with Crippen molar-refractivity contribution in [1.29, 1.82) is 0 Å². The van der Waals surface area contributed by atoms with Gasteiger partial charge in [-0.05, 0) is 48.6 Å². The molecule has 1 aromatic rings. The van der Waals surface area contributed by atoms with E-state index < -0.39 is 79.6 Å². The number of carbonyl (C=O) groups is 5. The molecule has 1 aliphatic heterocycles. The molecule has 47 heavy (non-hydrogen) atoms. The molecule has 0 radical (unpaired) electrons. The highest BCUT2D eigenvalue weighted by Gasteiger charge is 2.45. The van der Waals surface area contributed by atoms with Gasteiger partial charge < -0.3 is 36.6 Å². The Morgan fingerprint density at radius 1 is 0.894 bits per heavy atom. The minimum Gasteiger partial charge on any atom is -0.481 e. The maximum atomic E-state index is 14.2. The molecule has 3 aliphatic rings. The van der Waals surface area contributed by atoms with Crippen LogP contribution >= 0.6 is 7.60 Å². The largest absolute Gasteiger partial charge is 0.481 e. The molecule has 4 amide bonds. The third-order valence-corrected chi connectivity index (χ3v) is 10.7. The summed E-state index contributed by atoms with van der Waals surface area (Å²) in [4.78, 5) is 84.8. The van der Waals surface area contributed by atoms with Crippen LogP contribution in [0.2, 0.25) is 0 Å². The lowest BCUT2D eigenvalue weighted by atomic mass is 9.71. The highest BCUT2D eigenvalue weighted by Crippen LogP contribution is 2.42. The standard InChI is InChI=1S/C33H47N4O9P/c34-27(38)19-26-30(42)35-21-32(13-3-1-4-14-32)15-7-8-24(23-11-9-22(10-12-23)20-47(44,45)46)25(18-28(39)40)29(41)37-33(31(43)36-26)16-5-2-6-17-33/h7-12,24-26H,1-6,13-21H2,(H2,34,38)(H,35,42)(H,36,43)(H,37,41)(H,39,40)(H2,44,45,46)/b8-7+/t24-,25+,26?/m1/s1. The molecular weight excluding hydrogens is 627 g/mol. The molecule has 0 aromatic heterocycles. The zero-order valence-electron chi connectivity index (χ0n) is 26.6. The summed E-state index contributed by atoms with van der Waals surface area (Å²) in [5.41, 5.74) is 4.67. The summed E-state index contributed by atoms with van der Waals surface area (Å²) in [6.07, 6.45) is 9.96. The van der Waals surface area contributed by atoms with E-state index in [0.717, 1.165) is 38.5 Å². The fourth-order valence-corrected chi connectivity index (χ4v) is 8.03. The molecule has 2 fully saturated rings. The Balaban J connectivity index is 1.80. The second-order valence-electron chi connectivity index (χ2n) is 13.5. The van der Waals surface area contributed by atoms with Gasteiger partial charge in [0, 0.05) is 12.5 Å². The number of nitrogens with two attached hydrogens (primary N) is 1. The number of allylic oxidation sites excluding steroid dienone is 2. The summed E-state index contributed by atoms with van der Waals surface area (Å²) in [6.45, 7) is 0.296. The number of hydrogen-bond acceptors (Lipinski definition) is 6. The minimum absolute atomic E-state index is 0.260. The van der Waals surface area contributed by atoms with E-state index in [1.54, 1.807) is 24.3 Å². The number of hydrogen-bond donors (Lipinski definition) is 7. The van der Waals surface area contributed by atoms with Crippen LogP contribution in [-0.2, 0) is 34.7 Å². The predicted molar refractivity (Wildman–Crippen MR) is 173 cm³/mol. The summed E-state index contributed by atoms with van der Waals surface area (Å²) in [6, 6.07) is 5.15. The van der Waals surface area contributed by atoms with Gasteiger partial charge in [-0.1, -0.05) is 74.9 Å². The quantitative estimate of drug-likeness (QED) is 0.167. The molecule has 0 saturated heterocycles. The molecule has 4 rings (SSSR count). The molecule has 1 aromatic carbocycles. The summed E-state index contributed by atoms with van der Waals surface area (Å²) in [7, 11) is -4.33. The molecular formula is C33H47N4O9P. The van der Waals surface area contributed by atoms with E-state index in [1.165, 1.54) is 0 Å². The second kappa shape index (κ2) is 15.6. The third-order valence-electron chi connectivity index (χ3n) is 9.90. The van der Waals surface area contributed by atoms with Crippen molar-refractivity contribution in [2.24, 2.45) is 17.1 Å². The number of carboxylic acid groups (broad SMARTS) is 1. The number of rotatable bonds is 7. The monoisotopic (exact) mass is 674 g/mol. The first-order chi connectivity index (χ1) is 22.2. The molecule has 2 aliphatic carbocycles. The van der Waals surface area contributed by atoms with Crippen molar-refractivity contribution in [1.82, 2.24) is 16.0 Å². The van der Waals surface area contributed by atoms with Gasteiger partial charge in [0.15, 0.2) is 0 Å². The maximum Gasteiger partial charge on any atom is 0.329 e. The molecule has 0 bridgehead atoms. The van der Waals surface area contributed by atoms with E-state index in [2.05, 4.69) is 16.0 Å². The molecule has 13 nitrogen and oxygen atoms in total. The van der Waals surface area contributed by atoms with Crippen LogP contribution in [0.3, 0.4) is 0 Å². The summed E-state index contributed by atoms with van der Waals surface area (Å²) in [5.74, 6) is -5.67. The summed E-state index contributed by atoms with van der Waals surface area (Å²) >= 11 is 0. The van der Waals surface area contributed by atoms with E-state index in [0.29, 0.717) is 36.9 Å². The van der Waals surface area contributed by atoms with Gasteiger partial charge in [0.1, 0.15) is 11.6 Å². The van der Waals surface area contributed by atoms with Crippen LogP contribution in [0.4, 0.5) is 0 Å². The van der Waals surface area contributed by atoms with Crippen LogP contribution in [0.15, 0.2) is 36.4 Å². The first-order valence-electron chi connectivity index (χ1n) is 16.4. The van der Waals surface area contributed by atoms with Crippen molar-refractivity contribution in [3.8, 4) is 0 Å². The Morgan fingerprint density at radius 2 is 1.51 bits per heavy atom. The van der Waals surface area contributed by atoms with Gasteiger partial charge in [0.2, 0.25) is 23.6 Å². The van der Waals surface area contributed by atoms with E-state index >= 15 is 0 Å². The zero-order chi connectivity index (χ0) is 34.2. The number of carbonyl (C=O) groups excluding carboxylic acids is 4. The SMILES string of the molecule is NC(=O)CC1NC(=O)C2(CCCCC2)NC(=O)[C@@H](CC(=O)O)[C@@H](c2ccc(CP(=O)(O)O)cc2)/C=C/CC2(CCCCC2)CNC1=O. The molecule has 14 heteroatoms. The van der Waals surface area contributed by atoms with E-state index in [9.17, 15) is 43.4 Å². The fraction of sp³-hybridized carbons (Fsp3) is 0.606. The number of amides is 4. The smallest absolute Gasteiger partial charge is 0.329 e. The summed E-state index contributed by atoms with van der Waals surface area (Å²) < 4.78 is 11.6. The van der Waals surface area contributed by atoms with Crippen molar-refractivity contribution in [3.63, 3.8) is 0 Å². The van der Waals surface area contributed by atoms with Crippen molar-refractivity contribution in [3.05, 3.63) is 47.5 Å². The van der Waals surface area contributed by atoms with Crippen molar-refractivity contribution < 1.29 is 43.4 Å². The van der Waals surface area contributed by atoms with Crippen LogP contribution in [0, 0.1) is 11.3 Å². The highest BCUT2D eigenvalue weighted by molar-refractivity contribution is 7.50. The average molecular weight is 675 g/mol. The average Bonchev–Trinajstić information content (AvgIpc) is 3.01. The van der Waals surface area contributed by atoms with Crippen molar-refractivity contribution in [2.75, 3.05) is 6.54 Å². The fourth-order valence-electron chi connectivity index (χ4n) is 7.35. The Kier molecular flexibility index (Phi) is 12.0. The predicted octanol–water partition coefficient (Wildman–Crippen LogP) is 2.74. The van der Waals surface area contributed by atoms with Crippen LogP contribution < -0.4 is 21.7 Å². The number of benzene rings is 1. The lowest BCUT2D eigenvalue weighted by molar-refractivity contribution is -0.143. The molecule has 1 heterocycles. The molecule has 1 unspecified atom stereocenters. The molecule has 3 atom stereocenters. The Hall–Kier alpha value is -3.54. The summed E-state index contributed by atoms with van der Waals surface area (Å²) in [5, 5.41) is 18.5. The van der Waals surface area contributed by atoms with Gasteiger partial charge in [-0.15, -0.1) is 0 Å². The van der Waals surface area contributed by atoms with E-state index in [-0.39, 0.29) is 18.3 Å². The Labute approximate surface area is 274 Å². The van der Waals surface area contributed by atoms with Crippen LogP contribution in [0.25, 0.3) is 0 Å². The number of nitrogens with one attached hydrogen (secondary N) is 3. The topological polar surface area (TPSA) is 225 Å². The van der Waals surface area contributed by atoms with Crippen LogP contribution in [0.1, 0.15) is 101 Å². The molecule has 258 valence electrons. The first kappa shape index (κ1) is 36.3. The number of primary amides is 1. The molecule has 2 saturated carbocycles. The van der Waals surface area contributed by atoms with Crippen LogP contribution in [-0.4, -0.2) is 62.6 Å². The van der Waals surface area contributed by atoms with Gasteiger partial charge in [-0.2, -0.15) is 0 Å². The normalized spacial score (nSPS) is 26.3. The Morgan fingerprint density at radius 3 is 2.09 bits per heavy atom. The van der Waals surface area contributed by atoms with E-state index in [4.69, 9.17) is 5.73 Å². The second-order valence-corrected chi connectivity index (χ2v) is 15.2. The van der Waals surface area contributed by atoms with Crippen LogP contribution in [0.5, 0.6) is 0 Å². The highest BCUT2D eigenvalue weighted by atomic mass is 31.2. The molecule has 2 spiro atoms. The minimum atomic E-state index is -4.33. The number of carboxylic acids is 1.